The van der Waals surface area contributed by atoms with Gasteiger partial charge >= 0.3 is 0 Å². The van der Waals surface area contributed by atoms with E-state index in [0.29, 0.717) is 19.0 Å². The zero-order chi connectivity index (χ0) is 11.6. The molecule has 1 heterocycles. The van der Waals surface area contributed by atoms with Crippen molar-refractivity contribution in [3.63, 3.8) is 0 Å². The van der Waals surface area contributed by atoms with Crippen molar-refractivity contribution < 1.29 is 9.53 Å². The number of rotatable bonds is 4. The number of hydrogen-bond donors (Lipinski definition) is 1. The molecule has 0 radical (unpaired) electrons. The minimum atomic E-state index is -0.283. The highest BCUT2D eigenvalue weighted by Gasteiger charge is 2.35. The standard InChI is InChI=1S/C11H22N2O2/c1-8(2)10-12-6-9(14)13(10)7-11(3,4)15-5/h8,10,12H,6-7H2,1-5H3. The van der Waals surface area contributed by atoms with E-state index in [4.69, 9.17) is 4.74 Å². The molecule has 1 aliphatic heterocycles. The molecule has 15 heavy (non-hydrogen) atoms. The molecule has 1 rings (SSSR count). The number of methoxy groups -OCH3 is 1. The van der Waals surface area contributed by atoms with Gasteiger partial charge in [-0.25, -0.2) is 0 Å². The van der Waals surface area contributed by atoms with Crippen LogP contribution >= 0.6 is 0 Å². The summed E-state index contributed by atoms with van der Waals surface area (Å²) in [5.41, 5.74) is -0.283. The molecular formula is C11H22N2O2. The number of amides is 1. The average molecular weight is 214 g/mol. The monoisotopic (exact) mass is 214 g/mol. The molecule has 1 atom stereocenters. The van der Waals surface area contributed by atoms with Gasteiger partial charge in [-0.3, -0.25) is 10.1 Å². The van der Waals surface area contributed by atoms with Gasteiger partial charge in [0.05, 0.1) is 24.9 Å². The molecule has 0 aliphatic carbocycles. The van der Waals surface area contributed by atoms with Crippen molar-refractivity contribution in [3.05, 3.63) is 0 Å². The molecule has 1 N–H and O–H groups in total. The fourth-order valence-electron chi connectivity index (χ4n) is 1.82. The zero-order valence-electron chi connectivity index (χ0n) is 10.3. The van der Waals surface area contributed by atoms with Gasteiger partial charge in [-0.1, -0.05) is 13.8 Å². The van der Waals surface area contributed by atoms with Crippen LogP contribution in [0.2, 0.25) is 0 Å². The first-order valence-corrected chi connectivity index (χ1v) is 5.45. The van der Waals surface area contributed by atoms with Crippen LogP contribution in [0.3, 0.4) is 0 Å². The molecule has 0 saturated carbocycles. The molecule has 0 spiro atoms. The highest BCUT2D eigenvalue weighted by atomic mass is 16.5. The van der Waals surface area contributed by atoms with Gasteiger partial charge in [0.1, 0.15) is 0 Å². The number of hydrogen-bond acceptors (Lipinski definition) is 3. The van der Waals surface area contributed by atoms with Crippen LogP contribution in [0.15, 0.2) is 0 Å². The van der Waals surface area contributed by atoms with Crippen molar-refractivity contribution >= 4 is 5.91 Å². The fraction of sp³-hybridized carbons (Fsp3) is 0.909. The second kappa shape index (κ2) is 4.49. The summed E-state index contributed by atoms with van der Waals surface area (Å²) in [6.45, 7) is 9.30. The maximum Gasteiger partial charge on any atom is 0.237 e. The SMILES string of the molecule is COC(C)(C)CN1C(=O)CNC1C(C)C. The van der Waals surface area contributed by atoms with Crippen molar-refractivity contribution in [2.75, 3.05) is 20.2 Å². The van der Waals surface area contributed by atoms with Crippen LogP contribution in [0.25, 0.3) is 0 Å². The Labute approximate surface area is 92.0 Å². The normalized spacial score (nSPS) is 22.9. The Kier molecular flexibility index (Phi) is 3.73. The van der Waals surface area contributed by atoms with E-state index in [2.05, 4.69) is 19.2 Å². The van der Waals surface area contributed by atoms with Crippen LogP contribution in [-0.2, 0) is 9.53 Å². The molecule has 1 unspecified atom stereocenters. The molecule has 1 aliphatic rings. The van der Waals surface area contributed by atoms with Gasteiger partial charge in [-0.05, 0) is 19.8 Å². The summed E-state index contributed by atoms with van der Waals surface area (Å²) in [4.78, 5) is 13.6. The number of carbonyl (C=O) groups is 1. The third kappa shape index (κ3) is 2.92. The Balaban J connectivity index is 2.69. The Bertz CT molecular complexity index is 239. The van der Waals surface area contributed by atoms with E-state index in [1.165, 1.54) is 0 Å². The molecule has 0 aromatic carbocycles. The lowest BCUT2D eigenvalue weighted by Gasteiger charge is -2.34. The van der Waals surface area contributed by atoms with Crippen LogP contribution in [0.1, 0.15) is 27.7 Å². The van der Waals surface area contributed by atoms with Crippen molar-refractivity contribution in [1.29, 1.82) is 0 Å². The van der Waals surface area contributed by atoms with E-state index in [0.717, 1.165) is 0 Å². The lowest BCUT2D eigenvalue weighted by atomic mass is 10.1. The first kappa shape index (κ1) is 12.5. The summed E-state index contributed by atoms with van der Waals surface area (Å²) in [5.74, 6) is 0.586. The largest absolute Gasteiger partial charge is 0.377 e. The van der Waals surface area contributed by atoms with Crippen LogP contribution < -0.4 is 5.32 Å². The minimum absolute atomic E-state index is 0.145. The summed E-state index contributed by atoms with van der Waals surface area (Å²) in [6, 6.07) is 0. The van der Waals surface area contributed by atoms with Crippen LogP contribution in [0, 0.1) is 5.92 Å². The fourth-order valence-corrected chi connectivity index (χ4v) is 1.82. The summed E-state index contributed by atoms with van der Waals surface area (Å²) < 4.78 is 5.35. The summed E-state index contributed by atoms with van der Waals surface area (Å²) in [6.07, 6.45) is 0.145. The van der Waals surface area contributed by atoms with Crippen molar-refractivity contribution in [3.8, 4) is 0 Å². The Morgan fingerprint density at radius 2 is 2.20 bits per heavy atom. The van der Waals surface area contributed by atoms with Crippen LogP contribution in [-0.4, -0.2) is 42.8 Å². The molecule has 0 aromatic heterocycles. The van der Waals surface area contributed by atoms with Gasteiger partial charge in [0, 0.05) is 7.11 Å². The van der Waals surface area contributed by atoms with Gasteiger partial charge in [0.25, 0.3) is 0 Å². The van der Waals surface area contributed by atoms with Gasteiger partial charge in [0.2, 0.25) is 5.91 Å². The minimum Gasteiger partial charge on any atom is -0.377 e. The molecule has 1 fully saturated rings. The second-order valence-corrected chi connectivity index (χ2v) is 5.06. The number of nitrogens with one attached hydrogen (secondary N) is 1. The average Bonchev–Trinajstić information content (AvgIpc) is 2.48. The van der Waals surface area contributed by atoms with E-state index in [9.17, 15) is 4.79 Å². The summed E-state index contributed by atoms with van der Waals surface area (Å²) >= 11 is 0. The summed E-state index contributed by atoms with van der Waals surface area (Å²) in [5, 5.41) is 3.22. The number of carbonyl (C=O) groups excluding carboxylic acids is 1. The Hall–Kier alpha value is -0.610. The van der Waals surface area contributed by atoms with Crippen molar-refractivity contribution in [1.82, 2.24) is 10.2 Å². The molecule has 0 aromatic rings. The Morgan fingerprint density at radius 3 is 2.67 bits per heavy atom. The number of nitrogens with zero attached hydrogens (tertiary/aromatic N) is 1. The quantitative estimate of drug-likeness (QED) is 0.753. The molecule has 0 bridgehead atoms. The molecule has 4 heteroatoms. The predicted molar refractivity (Wildman–Crippen MR) is 59.4 cm³/mol. The zero-order valence-corrected chi connectivity index (χ0v) is 10.3. The Morgan fingerprint density at radius 1 is 1.60 bits per heavy atom. The van der Waals surface area contributed by atoms with Crippen molar-refractivity contribution in [2.24, 2.45) is 5.92 Å². The maximum absolute atomic E-state index is 11.7. The van der Waals surface area contributed by atoms with Crippen molar-refractivity contribution in [2.45, 2.75) is 39.5 Å². The first-order valence-electron chi connectivity index (χ1n) is 5.45. The molecule has 1 saturated heterocycles. The topological polar surface area (TPSA) is 41.6 Å². The van der Waals surface area contributed by atoms with E-state index >= 15 is 0 Å². The highest BCUT2D eigenvalue weighted by molar-refractivity contribution is 5.80. The lowest BCUT2D eigenvalue weighted by Crippen LogP contribution is -2.48. The van der Waals surface area contributed by atoms with E-state index < -0.39 is 0 Å². The highest BCUT2D eigenvalue weighted by Crippen LogP contribution is 2.18. The molecule has 1 amide bonds. The third-order valence-corrected chi connectivity index (χ3v) is 2.85. The smallest absolute Gasteiger partial charge is 0.237 e. The van der Waals surface area contributed by atoms with Gasteiger partial charge in [-0.2, -0.15) is 0 Å². The van der Waals surface area contributed by atoms with E-state index in [1.54, 1.807) is 7.11 Å². The first-order chi connectivity index (χ1) is 6.87. The molecular weight excluding hydrogens is 192 g/mol. The number of ether oxygens (including phenoxy) is 1. The molecule has 4 nitrogen and oxygen atoms in total. The van der Waals surface area contributed by atoms with E-state index in [-0.39, 0.29) is 17.7 Å². The summed E-state index contributed by atoms with van der Waals surface area (Å²) in [7, 11) is 1.68. The predicted octanol–water partition coefficient (Wildman–Crippen LogP) is 0.825. The second-order valence-electron chi connectivity index (χ2n) is 5.06. The lowest BCUT2D eigenvalue weighted by molar-refractivity contribution is -0.132. The van der Waals surface area contributed by atoms with Gasteiger partial charge in [0.15, 0.2) is 0 Å². The maximum atomic E-state index is 11.7. The van der Waals surface area contributed by atoms with E-state index in [1.807, 2.05) is 18.7 Å². The van der Waals surface area contributed by atoms with Gasteiger partial charge < -0.3 is 9.64 Å². The van der Waals surface area contributed by atoms with Crippen LogP contribution in [0.5, 0.6) is 0 Å². The van der Waals surface area contributed by atoms with Gasteiger partial charge in [-0.15, -0.1) is 0 Å². The third-order valence-electron chi connectivity index (χ3n) is 2.85. The van der Waals surface area contributed by atoms with Crippen LogP contribution in [0.4, 0.5) is 0 Å². The molecule has 88 valence electrons.